The van der Waals surface area contributed by atoms with Gasteiger partial charge in [0, 0.05) is 24.4 Å². The minimum Gasteiger partial charge on any atom is -0.326 e. The second kappa shape index (κ2) is 7.56. The number of anilines is 1. The van der Waals surface area contributed by atoms with Crippen LogP contribution in [0.25, 0.3) is 0 Å². The largest absolute Gasteiger partial charge is 0.326 e. The highest BCUT2D eigenvalue weighted by molar-refractivity contribution is 7.90. The Balaban J connectivity index is 2.64. The third-order valence-electron chi connectivity index (χ3n) is 3.04. The number of amides is 1. The van der Waals surface area contributed by atoms with Gasteiger partial charge in [-0.3, -0.25) is 4.79 Å². The summed E-state index contributed by atoms with van der Waals surface area (Å²) in [5.74, 6) is -0.102. The Bertz CT molecular complexity index is 595. The van der Waals surface area contributed by atoms with E-state index in [1.807, 2.05) is 6.92 Å². The fraction of sp³-hybridized carbons (Fsp3) is 0.533. The van der Waals surface area contributed by atoms with Gasteiger partial charge in [0.25, 0.3) is 0 Å². The van der Waals surface area contributed by atoms with Gasteiger partial charge < -0.3 is 10.6 Å². The van der Waals surface area contributed by atoms with Crippen LogP contribution in [0.5, 0.6) is 0 Å². The molecule has 0 saturated heterocycles. The monoisotopic (exact) mass is 312 g/mol. The van der Waals surface area contributed by atoms with Crippen molar-refractivity contribution in [2.45, 2.75) is 44.6 Å². The van der Waals surface area contributed by atoms with Crippen LogP contribution in [0.15, 0.2) is 23.1 Å². The molecule has 0 aliphatic rings. The Labute approximate surface area is 127 Å². The molecule has 0 radical (unpaired) electrons. The highest BCUT2D eigenvalue weighted by Crippen LogP contribution is 2.20. The number of rotatable bonds is 7. The lowest BCUT2D eigenvalue weighted by molar-refractivity contribution is -0.116. The Morgan fingerprint density at radius 2 is 1.95 bits per heavy atom. The fourth-order valence-electron chi connectivity index (χ4n) is 1.82. The normalized spacial score (nSPS) is 11.7. The number of sulfone groups is 1. The molecule has 1 rings (SSSR count). The van der Waals surface area contributed by atoms with Gasteiger partial charge in [0.05, 0.1) is 4.90 Å². The zero-order valence-corrected chi connectivity index (χ0v) is 13.9. The Morgan fingerprint density at radius 3 is 2.52 bits per heavy atom. The van der Waals surface area contributed by atoms with Crippen molar-refractivity contribution in [1.29, 1.82) is 0 Å². The molecule has 6 heteroatoms. The molecule has 21 heavy (non-hydrogen) atoms. The number of benzene rings is 1. The fourth-order valence-corrected chi connectivity index (χ4v) is 2.47. The van der Waals surface area contributed by atoms with Crippen LogP contribution in [0, 0.1) is 6.92 Å². The lowest BCUT2D eigenvalue weighted by atomic mass is 10.2. The van der Waals surface area contributed by atoms with Crippen LogP contribution < -0.4 is 10.6 Å². The van der Waals surface area contributed by atoms with E-state index in [0.717, 1.165) is 24.8 Å². The maximum absolute atomic E-state index is 11.9. The molecule has 0 unspecified atom stereocenters. The zero-order valence-electron chi connectivity index (χ0n) is 13.1. The summed E-state index contributed by atoms with van der Waals surface area (Å²) in [4.78, 5) is 12.1. The molecule has 0 heterocycles. The van der Waals surface area contributed by atoms with Crippen molar-refractivity contribution in [3.63, 3.8) is 0 Å². The lowest BCUT2D eigenvalue weighted by Crippen LogP contribution is -2.24. The van der Waals surface area contributed by atoms with Crippen LogP contribution in [0.3, 0.4) is 0 Å². The number of carbonyl (C=O) groups is 1. The minimum atomic E-state index is -3.27. The van der Waals surface area contributed by atoms with Crippen molar-refractivity contribution in [1.82, 2.24) is 5.32 Å². The highest BCUT2D eigenvalue weighted by Gasteiger charge is 2.11. The molecule has 0 aliphatic carbocycles. The van der Waals surface area contributed by atoms with Gasteiger partial charge in [-0.25, -0.2) is 8.42 Å². The second-order valence-electron chi connectivity index (χ2n) is 5.51. The summed E-state index contributed by atoms with van der Waals surface area (Å²) in [7, 11) is -3.27. The highest BCUT2D eigenvalue weighted by atomic mass is 32.2. The van der Waals surface area contributed by atoms with Crippen molar-refractivity contribution in [3.8, 4) is 0 Å². The first-order chi connectivity index (χ1) is 9.70. The first-order valence-corrected chi connectivity index (χ1v) is 8.93. The van der Waals surface area contributed by atoms with E-state index in [1.54, 1.807) is 12.1 Å². The Kier molecular flexibility index (Phi) is 6.36. The molecule has 5 nitrogen and oxygen atoms in total. The molecule has 0 aromatic heterocycles. The van der Waals surface area contributed by atoms with Crippen LogP contribution >= 0.6 is 0 Å². The van der Waals surface area contributed by atoms with Gasteiger partial charge in [0.2, 0.25) is 5.91 Å². The van der Waals surface area contributed by atoms with E-state index in [2.05, 4.69) is 24.5 Å². The standard InChI is InChI=1S/C15H24N2O3S/c1-11(2)16-9-5-6-15(18)17-14-10-13(21(4,19)20)8-7-12(14)3/h7-8,10-11,16H,5-6,9H2,1-4H3,(H,17,18). The number of carbonyl (C=O) groups excluding carboxylic acids is 1. The third-order valence-corrected chi connectivity index (χ3v) is 4.15. The van der Waals surface area contributed by atoms with E-state index in [9.17, 15) is 13.2 Å². The maximum Gasteiger partial charge on any atom is 0.224 e. The molecular formula is C15H24N2O3S. The minimum absolute atomic E-state index is 0.102. The molecule has 1 amide bonds. The van der Waals surface area contributed by atoms with Gasteiger partial charge in [-0.15, -0.1) is 0 Å². The molecule has 2 N–H and O–H groups in total. The third kappa shape index (κ3) is 6.27. The SMILES string of the molecule is Cc1ccc(S(C)(=O)=O)cc1NC(=O)CCCNC(C)C. The van der Waals surface area contributed by atoms with E-state index < -0.39 is 9.84 Å². The van der Waals surface area contributed by atoms with Crippen LogP contribution in [0.2, 0.25) is 0 Å². The number of hydrogen-bond donors (Lipinski definition) is 2. The van der Waals surface area contributed by atoms with Gasteiger partial charge in [-0.2, -0.15) is 0 Å². The summed E-state index contributed by atoms with van der Waals surface area (Å²) in [5, 5.41) is 6.03. The second-order valence-corrected chi connectivity index (χ2v) is 7.53. The summed E-state index contributed by atoms with van der Waals surface area (Å²) in [6.07, 6.45) is 2.30. The summed E-state index contributed by atoms with van der Waals surface area (Å²) >= 11 is 0. The Morgan fingerprint density at radius 1 is 1.29 bits per heavy atom. The number of hydrogen-bond acceptors (Lipinski definition) is 4. The summed E-state index contributed by atoms with van der Waals surface area (Å²) in [6, 6.07) is 5.16. The number of aryl methyl sites for hydroxylation is 1. The average Bonchev–Trinajstić information content (AvgIpc) is 2.36. The molecule has 0 spiro atoms. The van der Waals surface area contributed by atoms with Gasteiger partial charge in [-0.1, -0.05) is 19.9 Å². The number of nitrogens with one attached hydrogen (secondary N) is 2. The molecule has 1 aromatic rings. The first-order valence-electron chi connectivity index (χ1n) is 7.04. The van der Waals surface area contributed by atoms with Crippen molar-refractivity contribution in [2.24, 2.45) is 0 Å². The summed E-state index contributed by atoms with van der Waals surface area (Å²) < 4.78 is 23.1. The van der Waals surface area contributed by atoms with Crippen LogP contribution in [0.4, 0.5) is 5.69 Å². The van der Waals surface area contributed by atoms with E-state index in [1.165, 1.54) is 6.07 Å². The summed E-state index contributed by atoms with van der Waals surface area (Å²) in [5.41, 5.74) is 1.40. The van der Waals surface area contributed by atoms with Crippen LogP contribution in [0.1, 0.15) is 32.3 Å². The molecule has 0 atom stereocenters. The molecule has 0 saturated carbocycles. The van der Waals surface area contributed by atoms with Crippen molar-refractivity contribution >= 4 is 21.4 Å². The molecule has 0 bridgehead atoms. The topological polar surface area (TPSA) is 75.3 Å². The van der Waals surface area contributed by atoms with Crippen molar-refractivity contribution < 1.29 is 13.2 Å². The van der Waals surface area contributed by atoms with E-state index in [0.29, 0.717) is 18.2 Å². The Hall–Kier alpha value is -1.40. The van der Waals surface area contributed by atoms with Gasteiger partial charge in [0.15, 0.2) is 9.84 Å². The van der Waals surface area contributed by atoms with Gasteiger partial charge in [-0.05, 0) is 37.6 Å². The molecule has 0 aliphatic heterocycles. The predicted octanol–water partition coefficient (Wildman–Crippen LogP) is 2.12. The molecule has 0 fully saturated rings. The van der Waals surface area contributed by atoms with E-state index in [4.69, 9.17) is 0 Å². The summed E-state index contributed by atoms with van der Waals surface area (Å²) in [6.45, 7) is 6.73. The van der Waals surface area contributed by atoms with Crippen molar-refractivity contribution in [3.05, 3.63) is 23.8 Å². The molecule has 1 aromatic carbocycles. The quantitative estimate of drug-likeness (QED) is 0.756. The van der Waals surface area contributed by atoms with Crippen molar-refractivity contribution in [2.75, 3.05) is 18.1 Å². The molecule has 118 valence electrons. The molecular weight excluding hydrogens is 288 g/mol. The van der Waals surface area contributed by atoms with Crippen LogP contribution in [-0.4, -0.2) is 33.2 Å². The zero-order chi connectivity index (χ0) is 16.0. The smallest absolute Gasteiger partial charge is 0.224 e. The van der Waals surface area contributed by atoms with E-state index >= 15 is 0 Å². The van der Waals surface area contributed by atoms with Crippen LogP contribution in [-0.2, 0) is 14.6 Å². The first kappa shape index (κ1) is 17.7. The van der Waals surface area contributed by atoms with Gasteiger partial charge >= 0.3 is 0 Å². The lowest BCUT2D eigenvalue weighted by Gasteiger charge is -2.11. The average molecular weight is 312 g/mol. The predicted molar refractivity (Wildman–Crippen MR) is 85.3 cm³/mol. The van der Waals surface area contributed by atoms with Gasteiger partial charge in [0.1, 0.15) is 0 Å². The maximum atomic E-state index is 11.9. The van der Waals surface area contributed by atoms with E-state index in [-0.39, 0.29) is 10.8 Å².